The highest BCUT2D eigenvalue weighted by atomic mass is 16.7. The van der Waals surface area contributed by atoms with Crippen LogP contribution in [0.5, 0.6) is 17.2 Å². The number of anilines is 1. The molecule has 1 N–H and O–H groups in total. The van der Waals surface area contributed by atoms with Crippen LogP contribution in [0.1, 0.15) is 57.4 Å². The first-order chi connectivity index (χ1) is 26.6. The normalized spacial score (nSPS) is 17.8. The zero-order valence-electron chi connectivity index (χ0n) is 30.3. The fraction of sp³-hybridized carbons (Fsp3) is 0.318. The van der Waals surface area contributed by atoms with Crippen molar-refractivity contribution in [3.05, 3.63) is 131 Å². The molecule has 5 heterocycles. The Hall–Kier alpha value is -5.58. The summed E-state index contributed by atoms with van der Waals surface area (Å²) < 4.78 is 25.5. The van der Waals surface area contributed by atoms with Crippen LogP contribution in [-0.4, -0.2) is 71.9 Å². The minimum atomic E-state index is -0.184. The molecule has 0 aliphatic carbocycles. The molecule has 54 heavy (non-hydrogen) atoms. The molecule has 278 valence electrons. The molecule has 1 atom stereocenters. The third kappa shape index (κ3) is 6.95. The van der Waals surface area contributed by atoms with Gasteiger partial charge in [0, 0.05) is 62.8 Å². The Kier molecular flexibility index (Phi) is 9.53. The fourth-order valence-corrected chi connectivity index (χ4v) is 8.23. The van der Waals surface area contributed by atoms with Gasteiger partial charge in [0.15, 0.2) is 11.5 Å². The lowest BCUT2D eigenvalue weighted by Gasteiger charge is -2.40. The molecule has 9 rings (SSSR count). The number of nitrogens with one attached hydrogen (secondary N) is 1. The van der Waals surface area contributed by atoms with E-state index in [1.807, 2.05) is 83.8 Å². The maximum atomic E-state index is 15.0. The molecule has 10 nitrogen and oxygen atoms in total. The molecule has 10 heteroatoms. The number of ether oxygens (including phenoxy) is 4. The Morgan fingerprint density at radius 2 is 1.57 bits per heavy atom. The average Bonchev–Trinajstić information content (AvgIpc) is 3.85. The van der Waals surface area contributed by atoms with E-state index in [0.717, 1.165) is 80.1 Å². The number of hydrogen-bond donors (Lipinski definition) is 1. The smallest absolute Gasteiger partial charge is 0.257 e. The van der Waals surface area contributed by atoms with E-state index in [1.54, 1.807) is 0 Å². The Labute approximate surface area is 316 Å². The Balaban J connectivity index is 0.00000427. The van der Waals surface area contributed by atoms with E-state index in [4.69, 9.17) is 18.9 Å². The van der Waals surface area contributed by atoms with E-state index in [2.05, 4.69) is 33.0 Å². The lowest BCUT2D eigenvalue weighted by Crippen LogP contribution is -2.52. The van der Waals surface area contributed by atoms with Crippen molar-refractivity contribution in [2.45, 2.75) is 51.4 Å². The van der Waals surface area contributed by atoms with Crippen LogP contribution in [0.25, 0.3) is 11.3 Å². The summed E-state index contributed by atoms with van der Waals surface area (Å²) in [6.45, 7) is 5.72. The number of fused-ring (bicyclic) bond motifs is 3. The lowest BCUT2D eigenvalue weighted by atomic mass is 9.92. The van der Waals surface area contributed by atoms with Crippen LogP contribution in [0, 0.1) is 0 Å². The predicted octanol–water partition coefficient (Wildman–Crippen LogP) is 7.20. The maximum Gasteiger partial charge on any atom is 0.257 e. The van der Waals surface area contributed by atoms with Crippen LogP contribution >= 0.6 is 0 Å². The minimum Gasteiger partial charge on any atom is -0.489 e. The van der Waals surface area contributed by atoms with Gasteiger partial charge in [-0.15, -0.1) is 0 Å². The number of rotatable bonds is 9. The second-order valence-corrected chi connectivity index (χ2v) is 14.5. The number of carbonyl (C=O) groups is 2. The molecule has 0 spiro atoms. The molecule has 5 aromatic rings. The van der Waals surface area contributed by atoms with Gasteiger partial charge >= 0.3 is 0 Å². The molecule has 2 amide bonds. The largest absolute Gasteiger partial charge is 0.489 e. The summed E-state index contributed by atoms with van der Waals surface area (Å²) >= 11 is 0. The molecule has 4 aromatic carbocycles. The van der Waals surface area contributed by atoms with Crippen molar-refractivity contribution < 1.29 is 30.0 Å². The van der Waals surface area contributed by atoms with E-state index in [0.29, 0.717) is 54.7 Å². The van der Waals surface area contributed by atoms with E-state index >= 15 is 4.79 Å². The number of amides is 2. The van der Waals surface area contributed by atoms with Crippen molar-refractivity contribution >= 4 is 17.5 Å². The standard InChI is InChI=1S/C44H44N4O6.H2/c49-43(45-33-13-15-35(16-14-33)52-28-30-8-2-1-3-9-30)38-23-40(47-17-7-6-12-39(38)47)36-24-41-42(54-29-53-41)25-37(36)44(50)48-26-32-11-5-4-10-31(32)22-34(48)27-46-18-20-51-21-19-46;/h1-5,8-11,13-16,23-25,34H,6-7,12,17-22,26-29H2,(H,45,49);1H/t34-;/m0./s1. The Bertz CT molecular complexity index is 2170. The molecular formula is C44H46N4O6. The second-order valence-electron chi connectivity index (χ2n) is 14.5. The number of benzene rings is 4. The summed E-state index contributed by atoms with van der Waals surface area (Å²) in [4.78, 5) is 33.5. The average molecular weight is 727 g/mol. The number of carbonyl (C=O) groups excluding carboxylic acids is 2. The van der Waals surface area contributed by atoms with Gasteiger partial charge < -0.3 is 33.7 Å². The third-order valence-electron chi connectivity index (χ3n) is 11.1. The summed E-state index contributed by atoms with van der Waals surface area (Å²) in [5.41, 5.74) is 7.95. The van der Waals surface area contributed by atoms with Gasteiger partial charge in [-0.05, 0) is 84.8 Å². The zero-order chi connectivity index (χ0) is 36.4. The quantitative estimate of drug-likeness (QED) is 0.172. The molecule has 4 aliphatic heterocycles. The van der Waals surface area contributed by atoms with Crippen molar-refractivity contribution in [1.29, 1.82) is 0 Å². The highest BCUT2D eigenvalue weighted by Gasteiger charge is 2.35. The van der Waals surface area contributed by atoms with Crippen molar-refractivity contribution in [2.24, 2.45) is 0 Å². The first-order valence-electron chi connectivity index (χ1n) is 19.0. The van der Waals surface area contributed by atoms with Crippen molar-refractivity contribution in [1.82, 2.24) is 14.4 Å². The van der Waals surface area contributed by atoms with Crippen LogP contribution < -0.4 is 19.5 Å². The van der Waals surface area contributed by atoms with E-state index in [1.165, 1.54) is 11.1 Å². The van der Waals surface area contributed by atoms with E-state index in [-0.39, 0.29) is 26.1 Å². The molecule has 1 saturated heterocycles. The van der Waals surface area contributed by atoms with Crippen molar-refractivity contribution in [3.8, 4) is 28.5 Å². The minimum absolute atomic E-state index is 0. The molecule has 0 unspecified atom stereocenters. The molecule has 0 radical (unpaired) electrons. The molecule has 4 aliphatic rings. The summed E-state index contributed by atoms with van der Waals surface area (Å²) in [7, 11) is 0. The van der Waals surface area contributed by atoms with Crippen molar-refractivity contribution in [2.75, 3.05) is 45.0 Å². The molecule has 1 aromatic heterocycles. The molecule has 0 bridgehead atoms. The van der Waals surface area contributed by atoms with Gasteiger partial charge in [0.2, 0.25) is 6.79 Å². The lowest BCUT2D eigenvalue weighted by molar-refractivity contribution is 0.0193. The van der Waals surface area contributed by atoms with Crippen LogP contribution in [-0.2, 0) is 37.3 Å². The number of aromatic nitrogens is 1. The maximum absolute atomic E-state index is 15.0. The van der Waals surface area contributed by atoms with Crippen LogP contribution in [0.3, 0.4) is 0 Å². The number of morpholine rings is 1. The van der Waals surface area contributed by atoms with Gasteiger partial charge in [0.1, 0.15) is 12.4 Å². The van der Waals surface area contributed by atoms with Gasteiger partial charge in [0.05, 0.1) is 24.3 Å². The summed E-state index contributed by atoms with van der Waals surface area (Å²) in [6.07, 6.45) is 3.52. The van der Waals surface area contributed by atoms with Crippen LogP contribution in [0.2, 0.25) is 0 Å². The zero-order valence-corrected chi connectivity index (χ0v) is 30.3. The van der Waals surface area contributed by atoms with Crippen LogP contribution in [0.4, 0.5) is 5.69 Å². The van der Waals surface area contributed by atoms with Gasteiger partial charge in [0.25, 0.3) is 11.8 Å². The van der Waals surface area contributed by atoms with Gasteiger partial charge in [-0.3, -0.25) is 14.5 Å². The van der Waals surface area contributed by atoms with Crippen LogP contribution in [0.15, 0.2) is 97.1 Å². The first-order valence-corrected chi connectivity index (χ1v) is 19.0. The third-order valence-corrected chi connectivity index (χ3v) is 11.1. The van der Waals surface area contributed by atoms with Gasteiger partial charge in [-0.25, -0.2) is 0 Å². The summed E-state index contributed by atoms with van der Waals surface area (Å²) in [5, 5.41) is 3.12. The van der Waals surface area contributed by atoms with Crippen molar-refractivity contribution in [3.63, 3.8) is 0 Å². The Morgan fingerprint density at radius 1 is 0.815 bits per heavy atom. The summed E-state index contributed by atoms with van der Waals surface area (Å²) in [5.74, 6) is 1.65. The monoisotopic (exact) mass is 726 g/mol. The molecule has 0 saturated carbocycles. The number of hydrogen-bond acceptors (Lipinski definition) is 7. The second kappa shape index (κ2) is 15.0. The summed E-state index contributed by atoms with van der Waals surface area (Å²) in [6, 6.07) is 31.6. The van der Waals surface area contributed by atoms with Gasteiger partial charge in [-0.1, -0.05) is 54.6 Å². The SMILES string of the molecule is O=C(Nc1ccc(OCc2ccccc2)cc1)c1cc(-c2cc3c(cc2C(=O)N2Cc4ccccc4C[C@H]2CN2CCOCC2)OCO3)n2c1CCCC2.[HH]. The highest BCUT2D eigenvalue weighted by Crippen LogP contribution is 2.42. The van der Waals surface area contributed by atoms with E-state index < -0.39 is 0 Å². The molecular weight excluding hydrogens is 681 g/mol. The topological polar surface area (TPSA) is 94.5 Å². The molecule has 1 fully saturated rings. The Morgan fingerprint density at radius 3 is 2.39 bits per heavy atom. The first kappa shape index (κ1) is 34.2. The predicted molar refractivity (Wildman–Crippen MR) is 207 cm³/mol. The van der Waals surface area contributed by atoms with Gasteiger partial charge in [-0.2, -0.15) is 0 Å². The van der Waals surface area contributed by atoms with E-state index in [9.17, 15) is 4.79 Å². The fourth-order valence-electron chi connectivity index (χ4n) is 8.23. The number of nitrogens with zero attached hydrogens (tertiary/aromatic N) is 3. The highest BCUT2D eigenvalue weighted by molar-refractivity contribution is 6.07.